The highest BCUT2D eigenvalue weighted by atomic mass is 32.2. The summed E-state index contributed by atoms with van der Waals surface area (Å²) < 4.78 is 0.579. The number of hydrogen-bond acceptors (Lipinski definition) is 2. The third kappa shape index (κ3) is 10.9. The molecule has 0 unspecified atom stereocenters. The Morgan fingerprint density at radius 2 is 1.20 bits per heavy atom. The second kappa shape index (κ2) is 9.86. The summed E-state index contributed by atoms with van der Waals surface area (Å²) in [5.74, 6) is 0. The van der Waals surface area contributed by atoms with E-state index in [1.807, 2.05) is 0 Å². The SMILES string of the molecule is CCCCCCCCCC[N+](S)(S)CC. The number of thiol groups is 2. The van der Waals surface area contributed by atoms with Crippen LogP contribution in [0.5, 0.6) is 0 Å². The third-order valence-electron chi connectivity index (χ3n) is 2.88. The van der Waals surface area contributed by atoms with Gasteiger partial charge in [-0.3, -0.25) is 0 Å². The molecule has 0 aliphatic carbocycles. The summed E-state index contributed by atoms with van der Waals surface area (Å²) in [6.45, 7) is 6.47. The number of hydrogen-bond donors (Lipinski definition) is 2. The first kappa shape index (κ1) is 15.7. The van der Waals surface area contributed by atoms with Crippen LogP contribution in [0, 0.1) is 0 Å². The molecule has 0 fully saturated rings. The molecule has 1 nitrogen and oxygen atoms in total. The van der Waals surface area contributed by atoms with Gasteiger partial charge < -0.3 is 0 Å². The fourth-order valence-corrected chi connectivity index (χ4v) is 1.94. The van der Waals surface area contributed by atoms with E-state index in [0.717, 1.165) is 13.1 Å². The van der Waals surface area contributed by atoms with Gasteiger partial charge in [0.05, 0.1) is 38.7 Å². The second-order valence-electron chi connectivity index (χ2n) is 4.39. The van der Waals surface area contributed by atoms with Crippen molar-refractivity contribution in [1.29, 1.82) is 0 Å². The molecular weight excluding hydrogens is 222 g/mol. The van der Waals surface area contributed by atoms with Crippen molar-refractivity contribution in [2.45, 2.75) is 65.2 Å². The van der Waals surface area contributed by atoms with Gasteiger partial charge in [0.2, 0.25) is 0 Å². The van der Waals surface area contributed by atoms with E-state index in [1.54, 1.807) is 0 Å². The summed E-state index contributed by atoms with van der Waals surface area (Å²) in [6, 6.07) is 0. The molecule has 3 heteroatoms. The van der Waals surface area contributed by atoms with E-state index in [4.69, 9.17) is 0 Å². The molecule has 0 spiro atoms. The average molecular weight is 250 g/mol. The van der Waals surface area contributed by atoms with Crippen molar-refractivity contribution in [3.63, 3.8) is 0 Å². The van der Waals surface area contributed by atoms with Gasteiger partial charge >= 0.3 is 0 Å². The first-order chi connectivity index (χ1) is 7.12. The molecule has 0 aromatic heterocycles. The molecule has 0 aromatic carbocycles. The minimum Gasteiger partial charge on any atom is -0.206 e. The highest BCUT2D eigenvalue weighted by Gasteiger charge is 2.14. The average Bonchev–Trinajstić information content (AvgIpc) is 2.22. The normalized spacial score (nSPS) is 12.0. The molecule has 0 radical (unpaired) electrons. The fourth-order valence-electron chi connectivity index (χ4n) is 1.66. The van der Waals surface area contributed by atoms with Crippen LogP contribution in [0.2, 0.25) is 0 Å². The quantitative estimate of drug-likeness (QED) is 0.315. The summed E-state index contributed by atoms with van der Waals surface area (Å²) in [6.07, 6.45) is 11.0. The highest BCUT2D eigenvalue weighted by molar-refractivity contribution is 7.87. The van der Waals surface area contributed by atoms with E-state index in [0.29, 0.717) is 3.29 Å². The molecule has 92 valence electrons. The standard InChI is InChI=1S/C12H28NS2/c1-3-5-6-7-8-9-10-11-12-13(14,15)4-2/h14-15H,3-12H2,1-2H3/q+1. The van der Waals surface area contributed by atoms with E-state index in [9.17, 15) is 0 Å². The molecule has 15 heavy (non-hydrogen) atoms. The molecule has 0 aliphatic heterocycles. The number of rotatable bonds is 10. The molecule has 0 bridgehead atoms. The van der Waals surface area contributed by atoms with Crippen LogP contribution in [0.1, 0.15) is 65.2 Å². The Labute approximate surface area is 107 Å². The monoisotopic (exact) mass is 250 g/mol. The fraction of sp³-hybridized carbons (Fsp3) is 1.00. The number of unbranched alkanes of at least 4 members (excludes halogenated alkanes) is 7. The second-order valence-corrected chi connectivity index (χ2v) is 6.24. The number of quaternary nitrogens is 1. The van der Waals surface area contributed by atoms with Crippen molar-refractivity contribution in [1.82, 2.24) is 0 Å². The number of nitrogens with zero attached hydrogens (tertiary/aromatic N) is 1. The van der Waals surface area contributed by atoms with E-state index in [1.165, 1.54) is 51.4 Å². The first-order valence-electron chi connectivity index (χ1n) is 6.45. The van der Waals surface area contributed by atoms with E-state index < -0.39 is 0 Å². The summed E-state index contributed by atoms with van der Waals surface area (Å²) in [7, 11) is 0. The maximum Gasteiger partial charge on any atom is 0.0998 e. The first-order valence-corrected chi connectivity index (χ1v) is 7.25. The van der Waals surface area contributed by atoms with Gasteiger partial charge in [-0.2, -0.15) is 0 Å². The predicted octanol–water partition coefficient (Wildman–Crippen LogP) is 4.65. The largest absolute Gasteiger partial charge is 0.206 e. The van der Waals surface area contributed by atoms with Crippen molar-refractivity contribution >= 4 is 25.6 Å². The minimum absolute atomic E-state index is 0.579. The van der Waals surface area contributed by atoms with Crippen molar-refractivity contribution in [2.24, 2.45) is 0 Å². The summed E-state index contributed by atoms with van der Waals surface area (Å²) in [5, 5.41) is 0. The summed E-state index contributed by atoms with van der Waals surface area (Å²) in [4.78, 5) is 0. The lowest BCUT2D eigenvalue weighted by Crippen LogP contribution is -2.27. The minimum atomic E-state index is 0.579. The maximum absolute atomic E-state index is 4.46. The zero-order valence-electron chi connectivity index (χ0n) is 10.4. The van der Waals surface area contributed by atoms with Gasteiger partial charge in [0.25, 0.3) is 0 Å². The zero-order valence-corrected chi connectivity index (χ0v) is 12.2. The van der Waals surface area contributed by atoms with Gasteiger partial charge in [-0.1, -0.05) is 45.4 Å². The van der Waals surface area contributed by atoms with Crippen molar-refractivity contribution < 1.29 is 3.29 Å². The van der Waals surface area contributed by atoms with Crippen molar-refractivity contribution in [3.05, 3.63) is 0 Å². The predicted molar refractivity (Wildman–Crippen MR) is 76.3 cm³/mol. The van der Waals surface area contributed by atoms with Gasteiger partial charge in [0, 0.05) is 0 Å². The molecule has 0 heterocycles. The van der Waals surface area contributed by atoms with E-state index >= 15 is 0 Å². The Kier molecular flexibility index (Phi) is 10.3. The Balaban J connectivity index is 3.11. The van der Waals surface area contributed by atoms with Gasteiger partial charge in [-0.25, -0.2) is 3.29 Å². The lowest BCUT2D eigenvalue weighted by molar-refractivity contribution is -0.637. The molecule has 0 amide bonds. The molecule has 0 aromatic rings. The van der Waals surface area contributed by atoms with Crippen LogP contribution in [0.3, 0.4) is 0 Å². The third-order valence-corrected chi connectivity index (χ3v) is 3.84. The Bertz CT molecular complexity index is 138. The Morgan fingerprint density at radius 3 is 1.67 bits per heavy atom. The topological polar surface area (TPSA) is 0 Å². The molecule has 0 rings (SSSR count). The molecule has 0 aliphatic rings. The summed E-state index contributed by atoms with van der Waals surface area (Å²) in [5.41, 5.74) is 0. The Hall–Kier alpha value is 0.660. The highest BCUT2D eigenvalue weighted by Crippen LogP contribution is 2.17. The lowest BCUT2D eigenvalue weighted by atomic mass is 10.1. The van der Waals surface area contributed by atoms with Gasteiger partial charge in [0.15, 0.2) is 0 Å². The van der Waals surface area contributed by atoms with Crippen LogP contribution in [0.25, 0.3) is 0 Å². The maximum atomic E-state index is 4.46. The van der Waals surface area contributed by atoms with Crippen molar-refractivity contribution in [3.8, 4) is 0 Å². The van der Waals surface area contributed by atoms with Crippen LogP contribution in [0.15, 0.2) is 0 Å². The lowest BCUT2D eigenvalue weighted by Gasteiger charge is -2.22. The molecule has 0 saturated heterocycles. The van der Waals surface area contributed by atoms with E-state index in [-0.39, 0.29) is 0 Å². The smallest absolute Gasteiger partial charge is 0.0998 e. The van der Waals surface area contributed by atoms with Gasteiger partial charge in [0.1, 0.15) is 0 Å². The van der Waals surface area contributed by atoms with Crippen LogP contribution >= 0.6 is 25.6 Å². The molecular formula is C12H28NS2+. The van der Waals surface area contributed by atoms with Crippen molar-refractivity contribution in [2.75, 3.05) is 13.1 Å². The van der Waals surface area contributed by atoms with Crippen LogP contribution in [0.4, 0.5) is 0 Å². The van der Waals surface area contributed by atoms with E-state index in [2.05, 4.69) is 39.5 Å². The molecule has 0 atom stereocenters. The van der Waals surface area contributed by atoms with Gasteiger partial charge in [-0.15, -0.1) is 0 Å². The van der Waals surface area contributed by atoms with Crippen LogP contribution < -0.4 is 0 Å². The zero-order chi connectivity index (χ0) is 11.6. The summed E-state index contributed by atoms with van der Waals surface area (Å²) >= 11 is 8.92. The van der Waals surface area contributed by atoms with Crippen LogP contribution in [-0.2, 0) is 0 Å². The Morgan fingerprint density at radius 1 is 0.733 bits per heavy atom. The molecule has 0 saturated carbocycles. The van der Waals surface area contributed by atoms with Crippen LogP contribution in [-0.4, -0.2) is 16.4 Å². The van der Waals surface area contributed by atoms with Gasteiger partial charge in [-0.05, 0) is 19.8 Å². The molecule has 0 N–H and O–H groups in total.